The number of methoxy groups -OCH3 is 1. The van der Waals surface area contributed by atoms with Gasteiger partial charge in [-0.05, 0) is 24.1 Å². The Kier molecular flexibility index (Phi) is 3.15. The van der Waals surface area contributed by atoms with Gasteiger partial charge in [0.25, 0.3) is 0 Å². The maximum absolute atomic E-state index is 11.0. The maximum Gasteiger partial charge on any atom is 0.308 e. The van der Waals surface area contributed by atoms with Crippen molar-refractivity contribution < 1.29 is 14.6 Å². The zero-order valence-corrected chi connectivity index (χ0v) is 10.5. The predicted octanol–water partition coefficient (Wildman–Crippen LogP) is 2.04. The van der Waals surface area contributed by atoms with Gasteiger partial charge in [0.05, 0.1) is 18.1 Å². The molecule has 0 radical (unpaired) electrons. The van der Waals surface area contributed by atoms with Crippen LogP contribution in [0.4, 0.5) is 5.69 Å². The molecule has 0 fully saturated rings. The van der Waals surface area contributed by atoms with Crippen molar-refractivity contribution in [1.82, 2.24) is 0 Å². The van der Waals surface area contributed by atoms with E-state index in [0.29, 0.717) is 23.7 Å². The van der Waals surface area contributed by atoms with Crippen LogP contribution in [0, 0.1) is 5.92 Å². The summed E-state index contributed by atoms with van der Waals surface area (Å²) >= 11 is 6.06. The van der Waals surface area contributed by atoms with Gasteiger partial charge >= 0.3 is 5.97 Å². The van der Waals surface area contributed by atoms with E-state index < -0.39 is 5.97 Å². The second kappa shape index (κ2) is 4.45. The number of hydrogen-bond donors (Lipinski definition) is 1. The van der Waals surface area contributed by atoms with Crippen LogP contribution in [0.25, 0.3) is 0 Å². The van der Waals surface area contributed by atoms with Crippen LogP contribution in [-0.2, 0) is 11.2 Å². The van der Waals surface area contributed by atoms with Gasteiger partial charge < -0.3 is 14.7 Å². The molecule has 92 valence electrons. The number of anilines is 1. The van der Waals surface area contributed by atoms with E-state index in [2.05, 4.69) is 0 Å². The van der Waals surface area contributed by atoms with Crippen LogP contribution >= 0.6 is 11.6 Å². The van der Waals surface area contributed by atoms with Crippen molar-refractivity contribution in [2.45, 2.75) is 6.42 Å². The molecule has 0 amide bonds. The van der Waals surface area contributed by atoms with Crippen molar-refractivity contribution in [3.63, 3.8) is 0 Å². The van der Waals surface area contributed by atoms with E-state index in [1.807, 2.05) is 24.1 Å². The second-order valence-electron chi connectivity index (χ2n) is 4.24. The number of ether oxygens (including phenoxy) is 1. The number of hydrogen-bond acceptors (Lipinski definition) is 3. The molecule has 1 unspecified atom stereocenters. The molecule has 2 rings (SSSR count). The molecule has 0 saturated carbocycles. The number of halogens is 1. The highest BCUT2D eigenvalue weighted by Crippen LogP contribution is 2.36. The molecule has 0 aliphatic carbocycles. The van der Waals surface area contributed by atoms with E-state index in [4.69, 9.17) is 21.4 Å². The van der Waals surface area contributed by atoms with Crippen LogP contribution in [0.15, 0.2) is 12.1 Å². The Morgan fingerprint density at radius 1 is 1.59 bits per heavy atom. The lowest BCUT2D eigenvalue weighted by atomic mass is 9.93. The number of fused-ring (bicyclic) bond motifs is 1. The summed E-state index contributed by atoms with van der Waals surface area (Å²) in [5.41, 5.74) is 1.95. The Balaban J connectivity index is 2.42. The van der Waals surface area contributed by atoms with Gasteiger partial charge in [0.2, 0.25) is 0 Å². The zero-order chi connectivity index (χ0) is 12.6. The van der Waals surface area contributed by atoms with E-state index >= 15 is 0 Å². The van der Waals surface area contributed by atoms with Gasteiger partial charge in [-0.15, -0.1) is 0 Å². The monoisotopic (exact) mass is 255 g/mol. The smallest absolute Gasteiger partial charge is 0.308 e. The van der Waals surface area contributed by atoms with E-state index in [1.165, 1.54) is 0 Å². The fraction of sp³-hybridized carbons (Fsp3) is 0.417. The van der Waals surface area contributed by atoms with Crippen molar-refractivity contribution in [2.75, 3.05) is 25.6 Å². The molecule has 4 nitrogen and oxygen atoms in total. The average molecular weight is 256 g/mol. The number of benzene rings is 1. The highest BCUT2D eigenvalue weighted by molar-refractivity contribution is 6.32. The summed E-state index contributed by atoms with van der Waals surface area (Å²) in [6, 6.07) is 3.65. The molecule has 0 spiro atoms. The topological polar surface area (TPSA) is 49.8 Å². The van der Waals surface area contributed by atoms with Gasteiger partial charge in [-0.25, -0.2) is 0 Å². The molecule has 0 saturated heterocycles. The first kappa shape index (κ1) is 12.0. The summed E-state index contributed by atoms with van der Waals surface area (Å²) in [5.74, 6) is -0.556. The molecule has 1 aromatic rings. The number of carboxylic acids is 1. The first-order valence-electron chi connectivity index (χ1n) is 5.33. The Morgan fingerprint density at radius 3 is 2.88 bits per heavy atom. The quantitative estimate of drug-likeness (QED) is 0.879. The van der Waals surface area contributed by atoms with Crippen LogP contribution in [0.1, 0.15) is 5.56 Å². The van der Waals surface area contributed by atoms with Crippen molar-refractivity contribution in [1.29, 1.82) is 0 Å². The van der Waals surface area contributed by atoms with Gasteiger partial charge in [-0.3, -0.25) is 4.79 Å². The number of nitrogens with zero attached hydrogens (tertiary/aromatic N) is 1. The first-order chi connectivity index (χ1) is 8.02. The Hall–Kier alpha value is -1.42. The summed E-state index contributed by atoms with van der Waals surface area (Å²) in [6.45, 7) is 0.505. The Morgan fingerprint density at radius 2 is 2.29 bits per heavy atom. The normalized spacial score (nSPS) is 18.8. The van der Waals surface area contributed by atoms with Gasteiger partial charge in [0, 0.05) is 19.3 Å². The van der Waals surface area contributed by atoms with Crippen molar-refractivity contribution >= 4 is 23.3 Å². The lowest BCUT2D eigenvalue weighted by molar-refractivity contribution is -0.141. The largest absolute Gasteiger partial charge is 0.495 e. The van der Waals surface area contributed by atoms with E-state index in [-0.39, 0.29) is 5.92 Å². The standard InChI is InChI=1S/C12H14ClNO3/c1-14-6-8(12(15)16)3-7-4-11(17-2)9(13)5-10(7)14/h4-5,8H,3,6H2,1-2H3,(H,15,16). The summed E-state index contributed by atoms with van der Waals surface area (Å²) < 4.78 is 5.14. The third kappa shape index (κ3) is 2.17. The van der Waals surface area contributed by atoms with Crippen LogP contribution in [0.5, 0.6) is 5.75 Å². The van der Waals surface area contributed by atoms with E-state index in [9.17, 15) is 4.79 Å². The molecule has 17 heavy (non-hydrogen) atoms. The molecule has 1 aliphatic heterocycles. The molecular weight excluding hydrogens is 242 g/mol. The summed E-state index contributed by atoms with van der Waals surface area (Å²) in [6.07, 6.45) is 0.516. The minimum absolute atomic E-state index is 0.376. The Labute approximate surface area is 105 Å². The fourth-order valence-electron chi connectivity index (χ4n) is 2.18. The van der Waals surface area contributed by atoms with E-state index in [0.717, 1.165) is 11.3 Å². The van der Waals surface area contributed by atoms with Gasteiger partial charge in [0.1, 0.15) is 5.75 Å². The van der Waals surface area contributed by atoms with Gasteiger partial charge in [-0.2, -0.15) is 0 Å². The van der Waals surface area contributed by atoms with Crippen LogP contribution < -0.4 is 9.64 Å². The highest BCUT2D eigenvalue weighted by atomic mass is 35.5. The molecule has 5 heteroatoms. The molecule has 1 atom stereocenters. The maximum atomic E-state index is 11.0. The average Bonchev–Trinajstić information content (AvgIpc) is 2.29. The number of carbonyl (C=O) groups is 1. The number of aliphatic carboxylic acids is 1. The summed E-state index contributed by atoms with van der Waals surface area (Å²) in [4.78, 5) is 13.0. The predicted molar refractivity (Wildman–Crippen MR) is 66.1 cm³/mol. The highest BCUT2D eigenvalue weighted by Gasteiger charge is 2.28. The molecule has 1 aliphatic rings. The summed E-state index contributed by atoms with van der Waals surface area (Å²) in [7, 11) is 3.42. The summed E-state index contributed by atoms with van der Waals surface area (Å²) in [5, 5.41) is 9.63. The zero-order valence-electron chi connectivity index (χ0n) is 9.74. The molecule has 1 N–H and O–H groups in total. The third-order valence-electron chi connectivity index (χ3n) is 3.07. The second-order valence-corrected chi connectivity index (χ2v) is 4.64. The fourth-order valence-corrected chi connectivity index (χ4v) is 2.42. The molecule has 1 aromatic carbocycles. The van der Waals surface area contributed by atoms with Gasteiger partial charge in [0.15, 0.2) is 0 Å². The molecule has 0 bridgehead atoms. The minimum atomic E-state index is -0.767. The van der Waals surface area contributed by atoms with Crippen molar-refractivity contribution in [3.05, 3.63) is 22.7 Å². The molecular formula is C12H14ClNO3. The van der Waals surface area contributed by atoms with Crippen LogP contribution in [0.2, 0.25) is 5.02 Å². The third-order valence-corrected chi connectivity index (χ3v) is 3.37. The SMILES string of the molecule is COc1cc2c(cc1Cl)N(C)CC(C(=O)O)C2. The molecule has 0 aromatic heterocycles. The lowest BCUT2D eigenvalue weighted by Gasteiger charge is -2.32. The van der Waals surface area contributed by atoms with Crippen molar-refractivity contribution in [2.24, 2.45) is 5.92 Å². The van der Waals surface area contributed by atoms with Crippen LogP contribution in [0.3, 0.4) is 0 Å². The minimum Gasteiger partial charge on any atom is -0.495 e. The first-order valence-corrected chi connectivity index (χ1v) is 5.71. The number of rotatable bonds is 2. The van der Waals surface area contributed by atoms with E-state index in [1.54, 1.807) is 7.11 Å². The molecule has 1 heterocycles. The van der Waals surface area contributed by atoms with Crippen molar-refractivity contribution in [3.8, 4) is 5.75 Å². The van der Waals surface area contributed by atoms with Crippen LogP contribution in [-0.4, -0.2) is 31.8 Å². The lowest BCUT2D eigenvalue weighted by Crippen LogP contribution is -2.36. The number of carboxylic acid groups (broad SMARTS) is 1. The Bertz CT molecular complexity index is 461. The van der Waals surface area contributed by atoms with Gasteiger partial charge in [-0.1, -0.05) is 11.6 Å².